The van der Waals surface area contributed by atoms with E-state index in [0.29, 0.717) is 17.1 Å². The fourth-order valence-corrected chi connectivity index (χ4v) is 3.55. The van der Waals surface area contributed by atoms with Gasteiger partial charge in [0.05, 0.1) is 11.7 Å². The van der Waals surface area contributed by atoms with Crippen molar-refractivity contribution in [1.29, 1.82) is 0 Å². The second-order valence-electron chi connectivity index (χ2n) is 5.19. The summed E-state index contributed by atoms with van der Waals surface area (Å²) in [6.45, 7) is 2.59. The molecule has 0 radical (unpaired) electrons. The van der Waals surface area contributed by atoms with Gasteiger partial charge in [-0.05, 0) is 38.0 Å². The minimum absolute atomic E-state index is 0.0326. The number of aromatic nitrogens is 1. The van der Waals surface area contributed by atoms with Gasteiger partial charge in [0.1, 0.15) is 0 Å². The number of amides is 1. The number of carbonyl (C=O) groups is 1. The highest BCUT2D eigenvalue weighted by Crippen LogP contribution is 2.34. The third-order valence-corrected chi connectivity index (χ3v) is 4.27. The van der Waals surface area contributed by atoms with Gasteiger partial charge in [0.2, 0.25) is 0 Å². The molecule has 0 spiro atoms. The average molecular weight is 370 g/mol. The van der Waals surface area contributed by atoms with Crippen LogP contribution in [-0.2, 0) is 0 Å². The molecule has 0 aliphatic carbocycles. The lowest BCUT2D eigenvalue weighted by atomic mass is 10.1. The van der Waals surface area contributed by atoms with Gasteiger partial charge in [0, 0.05) is 27.7 Å². The quantitative estimate of drug-likeness (QED) is 0.789. The van der Waals surface area contributed by atoms with Gasteiger partial charge in [-0.25, -0.2) is 0 Å². The summed E-state index contributed by atoms with van der Waals surface area (Å²) in [5.41, 5.74) is 1.41. The Labute approximate surface area is 136 Å². The van der Waals surface area contributed by atoms with Gasteiger partial charge in [-0.1, -0.05) is 32.7 Å². The molecular weight excluding hydrogens is 356 g/mol. The molecule has 0 saturated carbocycles. The Morgan fingerprint density at radius 1 is 1.43 bits per heavy atom. The normalized spacial score (nSPS) is 18.2. The summed E-state index contributed by atoms with van der Waals surface area (Å²) in [5.74, 6) is 0.717. The molecule has 6 heteroatoms. The first kappa shape index (κ1) is 14.6. The summed E-state index contributed by atoms with van der Waals surface area (Å²) in [4.78, 5) is 14.6. The summed E-state index contributed by atoms with van der Waals surface area (Å²) < 4.78 is 6.13. The van der Waals surface area contributed by atoms with Crippen molar-refractivity contribution in [1.82, 2.24) is 10.1 Å². The Kier molecular flexibility index (Phi) is 4.04. The number of rotatable bonds is 2. The average Bonchev–Trinajstić information content (AvgIpc) is 3.04. The highest BCUT2D eigenvalue weighted by Gasteiger charge is 2.33. The second kappa shape index (κ2) is 5.81. The number of hydrogen-bond donors (Lipinski definition) is 0. The second-order valence-corrected chi connectivity index (χ2v) is 6.54. The minimum atomic E-state index is -0.0449. The van der Waals surface area contributed by atoms with Crippen LogP contribution in [0.1, 0.15) is 40.7 Å². The lowest BCUT2D eigenvalue weighted by molar-refractivity contribution is 0.0714. The van der Waals surface area contributed by atoms with Crippen LogP contribution in [0.15, 0.2) is 33.3 Å². The maximum Gasteiger partial charge on any atom is 0.254 e. The van der Waals surface area contributed by atoms with Gasteiger partial charge in [-0.15, -0.1) is 0 Å². The summed E-state index contributed by atoms with van der Waals surface area (Å²) in [5, 5.41) is 4.46. The molecule has 2 aromatic rings. The van der Waals surface area contributed by atoms with E-state index in [1.807, 2.05) is 17.9 Å². The van der Waals surface area contributed by atoms with Gasteiger partial charge in [-0.3, -0.25) is 4.79 Å². The molecule has 1 aromatic carbocycles. The predicted molar refractivity (Wildman–Crippen MR) is 83.4 cm³/mol. The third kappa shape index (κ3) is 2.99. The predicted octanol–water partition coefficient (Wildman–Crippen LogP) is 4.38. The first-order chi connectivity index (χ1) is 10.0. The van der Waals surface area contributed by atoms with Gasteiger partial charge in [0.25, 0.3) is 5.91 Å². The zero-order chi connectivity index (χ0) is 15.0. The minimum Gasteiger partial charge on any atom is -0.359 e. The summed E-state index contributed by atoms with van der Waals surface area (Å²) in [7, 11) is 0. The number of aryl methyl sites for hydroxylation is 1. The van der Waals surface area contributed by atoms with E-state index < -0.39 is 0 Å². The molecule has 1 fully saturated rings. The fourth-order valence-electron chi connectivity index (χ4n) is 2.69. The zero-order valence-electron chi connectivity index (χ0n) is 11.5. The Bertz CT molecular complexity index is 666. The van der Waals surface area contributed by atoms with Crippen LogP contribution in [0, 0.1) is 6.92 Å². The van der Waals surface area contributed by atoms with Gasteiger partial charge in [-0.2, -0.15) is 0 Å². The van der Waals surface area contributed by atoms with E-state index in [-0.39, 0.29) is 11.9 Å². The molecule has 2 heterocycles. The first-order valence-corrected chi connectivity index (χ1v) is 7.92. The molecule has 1 atom stereocenters. The number of halogens is 2. The van der Waals surface area contributed by atoms with E-state index in [0.717, 1.165) is 28.8 Å². The highest BCUT2D eigenvalue weighted by molar-refractivity contribution is 9.10. The van der Waals surface area contributed by atoms with E-state index in [4.69, 9.17) is 16.1 Å². The molecule has 110 valence electrons. The third-order valence-electron chi connectivity index (χ3n) is 3.60. The van der Waals surface area contributed by atoms with Crippen molar-refractivity contribution in [3.05, 3.63) is 50.8 Å². The maximum absolute atomic E-state index is 12.7. The summed E-state index contributed by atoms with van der Waals surface area (Å²) >= 11 is 9.40. The molecular formula is C15H14BrClN2O2. The van der Waals surface area contributed by atoms with E-state index >= 15 is 0 Å². The molecule has 1 aromatic heterocycles. The number of hydrogen-bond acceptors (Lipinski definition) is 3. The molecule has 0 N–H and O–H groups in total. The van der Waals surface area contributed by atoms with Crippen LogP contribution in [0.25, 0.3) is 0 Å². The van der Waals surface area contributed by atoms with Crippen LogP contribution < -0.4 is 0 Å². The van der Waals surface area contributed by atoms with Crippen LogP contribution in [0.5, 0.6) is 0 Å². The summed E-state index contributed by atoms with van der Waals surface area (Å²) in [6, 6.07) is 7.09. The zero-order valence-corrected chi connectivity index (χ0v) is 13.8. The molecule has 3 rings (SSSR count). The number of likely N-dealkylation sites (tertiary alicyclic amines) is 1. The molecule has 21 heavy (non-hydrogen) atoms. The van der Waals surface area contributed by atoms with Crippen LogP contribution in [0.3, 0.4) is 0 Å². The molecule has 1 aliphatic rings. The lowest BCUT2D eigenvalue weighted by Crippen LogP contribution is -2.30. The molecule has 4 nitrogen and oxygen atoms in total. The van der Waals surface area contributed by atoms with Crippen LogP contribution >= 0.6 is 27.5 Å². The molecule has 1 aliphatic heterocycles. The van der Waals surface area contributed by atoms with Crippen LogP contribution in [0.2, 0.25) is 5.02 Å². The van der Waals surface area contributed by atoms with E-state index in [2.05, 4.69) is 21.1 Å². The van der Waals surface area contributed by atoms with Crippen LogP contribution in [-0.4, -0.2) is 22.5 Å². The Morgan fingerprint density at radius 3 is 2.90 bits per heavy atom. The first-order valence-electron chi connectivity index (χ1n) is 6.75. The van der Waals surface area contributed by atoms with Crippen molar-refractivity contribution >= 4 is 33.4 Å². The number of carbonyl (C=O) groups excluding carboxylic acids is 1. The standard InChI is InChI=1S/C15H14BrClN2O2/c1-9-5-14(21-18-9)13-3-2-4-19(13)15(20)10-6-11(16)8-12(17)7-10/h5-8,13H,2-4H2,1H3. The SMILES string of the molecule is Cc1cc(C2CCCN2C(=O)c2cc(Cl)cc(Br)c2)on1. The van der Waals surface area contributed by atoms with E-state index in [1.165, 1.54) is 0 Å². The van der Waals surface area contributed by atoms with Crippen molar-refractivity contribution in [2.24, 2.45) is 0 Å². The number of nitrogens with zero attached hydrogens (tertiary/aromatic N) is 2. The van der Waals surface area contributed by atoms with Crippen molar-refractivity contribution in [3.8, 4) is 0 Å². The van der Waals surface area contributed by atoms with Crippen molar-refractivity contribution < 1.29 is 9.32 Å². The molecule has 1 saturated heterocycles. The summed E-state index contributed by atoms with van der Waals surface area (Å²) in [6.07, 6.45) is 1.85. The molecule has 1 unspecified atom stereocenters. The molecule has 0 bridgehead atoms. The van der Waals surface area contributed by atoms with Crippen molar-refractivity contribution in [2.75, 3.05) is 6.54 Å². The topological polar surface area (TPSA) is 46.3 Å². The van der Waals surface area contributed by atoms with Crippen molar-refractivity contribution in [3.63, 3.8) is 0 Å². The Morgan fingerprint density at radius 2 is 2.24 bits per heavy atom. The highest BCUT2D eigenvalue weighted by atomic mass is 79.9. The van der Waals surface area contributed by atoms with E-state index in [1.54, 1.807) is 18.2 Å². The largest absolute Gasteiger partial charge is 0.359 e. The monoisotopic (exact) mass is 368 g/mol. The van der Waals surface area contributed by atoms with Crippen LogP contribution in [0.4, 0.5) is 0 Å². The smallest absolute Gasteiger partial charge is 0.254 e. The number of benzene rings is 1. The van der Waals surface area contributed by atoms with Crippen molar-refractivity contribution in [2.45, 2.75) is 25.8 Å². The lowest BCUT2D eigenvalue weighted by Gasteiger charge is -2.23. The Hall–Kier alpha value is -1.33. The van der Waals surface area contributed by atoms with E-state index in [9.17, 15) is 4.79 Å². The Balaban J connectivity index is 1.89. The van der Waals surface area contributed by atoms with Gasteiger partial charge < -0.3 is 9.42 Å². The maximum atomic E-state index is 12.7. The van der Waals surface area contributed by atoms with Gasteiger partial charge in [0.15, 0.2) is 5.76 Å². The fraction of sp³-hybridized carbons (Fsp3) is 0.333. The van der Waals surface area contributed by atoms with Gasteiger partial charge >= 0.3 is 0 Å². The molecule has 1 amide bonds.